The van der Waals surface area contributed by atoms with Crippen molar-refractivity contribution in [3.63, 3.8) is 0 Å². The van der Waals surface area contributed by atoms with E-state index in [4.69, 9.17) is 4.52 Å². The Morgan fingerprint density at radius 1 is 1.32 bits per heavy atom. The molecule has 130 valence electrons. The fraction of sp³-hybridized carbons (Fsp3) is 0.200. The highest BCUT2D eigenvalue weighted by Gasteiger charge is 2.18. The smallest absolute Gasteiger partial charge is 0.387 e. The zero-order valence-corrected chi connectivity index (χ0v) is 13.0. The average molecular weight is 349 g/mol. The summed E-state index contributed by atoms with van der Waals surface area (Å²) in [5, 5.41) is 10.3. The Hall–Kier alpha value is -3.30. The molecule has 1 amide bonds. The van der Waals surface area contributed by atoms with Gasteiger partial charge in [0.1, 0.15) is 30.1 Å². The Kier molecular flexibility index (Phi) is 4.68. The van der Waals surface area contributed by atoms with Crippen molar-refractivity contribution in [3.8, 4) is 17.0 Å². The third kappa shape index (κ3) is 3.97. The molecule has 2 heterocycles. The summed E-state index contributed by atoms with van der Waals surface area (Å²) in [4.78, 5) is 15.9. The molecule has 0 fully saturated rings. The van der Waals surface area contributed by atoms with Gasteiger partial charge >= 0.3 is 6.61 Å². The minimum atomic E-state index is -2.88. The lowest BCUT2D eigenvalue weighted by Crippen LogP contribution is -2.23. The maximum Gasteiger partial charge on any atom is 0.387 e. The van der Waals surface area contributed by atoms with Gasteiger partial charge in [-0.05, 0) is 31.2 Å². The van der Waals surface area contributed by atoms with Gasteiger partial charge in [-0.1, -0.05) is 5.16 Å². The quantitative estimate of drug-likeness (QED) is 0.735. The van der Waals surface area contributed by atoms with Crippen molar-refractivity contribution in [3.05, 3.63) is 43.0 Å². The van der Waals surface area contributed by atoms with Gasteiger partial charge in [0.05, 0.1) is 0 Å². The lowest BCUT2D eigenvalue weighted by molar-refractivity contribution is -0.119. The standard InChI is InChI=1S/C15H13F2N5O3/c1-9(22-8-18-7-19-22)14(23)20-13-6-12(21-25-13)10-2-4-11(5-3-10)24-15(16)17/h2-9,15H,1H3,(H,20,23)/t9-/m0/s1. The molecule has 0 radical (unpaired) electrons. The lowest BCUT2D eigenvalue weighted by atomic mass is 10.1. The number of amides is 1. The molecule has 0 spiro atoms. The highest BCUT2D eigenvalue weighted by molar-refractivity contribution is 5.92. The fourth-order valence-electron chi connectivity index (χ4n) is 2.04. The Morgan fingerprint density at radius 2 is 2.08 bits per heavy atom. The molecular weight excluding hydrogens is 336 g/mol. The number of carbonyl (C=O) groups is 1. The number of hydrogen-bond donors (Lipinski definition) is 1. The first-order chi connectivity index (χ1) is 12.0. The first-order valence-corrected chi connectivity index (χ1v) is 7.20. The number of nitrogens with zero attached hydrogens (tertiary/aromatic N) is 4. The third-order valence-electron chi connectivity index (χ3n) is 3.34. The van der Waals surface area contributed by atoms with Crippen LogP contribution in [0, 0.1) is 0 Å². The van der Waals surface area contributed by atoms with Crippen LogP contribution < -0.4 is 10.1 Å². The zero-order chi connectivity index (χ0) is 17.8. The van der Waals surface area contributed by atoms with Crippen molar-refractivity contribution in [2.24, 2.45) is 0 Å². The Balaban J connectivity index is 1.67. The molecule has 0 aliphatic carbocycles. The maximum absolute atomic E-state index is 12.1. The van der Waals surface area contributed by atoms with Crippen LogP contribution in [0.4, 0.5) is 14.7 Å². The molecule has 0 aliphatic rings. The molecule has 0 unspecified atom stereocenters. The highest BCUT2D eigenvalue weighted by Crippen LogP contribution is 2.25. The van der Waals surface area contributed by atoms with Crippen molar-refractivity contribution in [2.45, 2.75) is 19.6 Å². The van der Waals surface area contributed by atoms with Crippen molar-refractivity contribution < 1.29 is 22.8 Å². The van der Waals surface area contributed by atoms with E-state index < -0.39 is 12.7 Å². The van der Waals surface area contributed by atoms with Gasteiger partial charge in [0.2, 0.25) is 5.88 Å². The number of aromatic nitrogens is 4. The summed E-state index contributed by atoms with van der Waals surface area (Å²) in [6.07, 6.45) is 2.76. The number of ether oxygens (including phenoxy) is 1. The van der Waals surface area contributed by atoms with Crippen LogP contribution in [0.1, 0.15) is 13.0 Å². The van der Waals surface area contributed by atoms with E-state index in [-0.39, 0.29) is 17.5 Å². The van der Waals surface area contributed by atoms with E-state index in [1.807, 2.05) is 0 Å². The molecule has 8 nitrogen and oxygen atoms in total. The minimum absolute atomic E-state index is 0.0393. The van der Waals surface area contributed by atoms with Crippen LogP contribution in [0.25, 0.3) is 11.3 Å². The number of nitrogens with one attached hydrogen (secondary N) is 1. The Bertz CT molecular complexity index is 833. The molecule has 1 aromatic carbocycles. The topological polar surface area (TPSA) is 95.1 Å². The average Bonchev–Trinajstić information content (AvgIpc) is 3.26. The van der Waals surface area contributed by atoms with Crippen molar-refractivity contribution in [1.29, 1.82) is 0 Å². The number of rotatable bonds is 6. The van der Waals surface area contributed by atoms with Crippen LogP contribution in [0.15, 0.2) is 47.5 Å². The highest BCUT2D eigenvalue weighted by atomic mass is 19.3. The summed E-state index contributed by atoms with van der Waals surface area (Å²) in [5.41, 5.74) is 1.06. The summed E-state index contributed by atoms with van der Waals surface area (Å²) in [6, 6.07) is 6.83. The molecule has 1 N–H and O–H groups in total. The molecule has 1 atom stereocenters. The second-order valence-electron chi connectivity index (χ2n) is 5.02. The Morgan fingerprint density at radius 3 is 2.72 bits per heavy atom. The summed E-state index contributed by atoms with van der Waals surface area (Å²) < 4.78 is 35.0. The number of anilines is 1. The maximum atomic E-state index is 12.1. The van der Waals surface area contributed by atoms with E-state index in [2.05, 4.69) is 25.3 Å². The van der Waals surface area contributed by atoms with E-state index in [9.17, 15) is 13.6 Å². The van der Waals surface area contributed by atoms with Crippen LogP contribution in [0.3, 0.4) is 0 Å². The summed E-state index contributed by atoms with van der Waals surface area (Å²) in [6.45, 7) is -1.23. The van der Waals surface area contributed by atoms with Gasteiger partial charge < -0.3 is 9.26 Å². The number of carbonyl (C=O) groups excluding carboxylic acids is 1. The molecule has 0 aliphatic heterocycles. The van der Waals surface area contributed by atoms with Gasteiger partial charge in [0.15, 0.2) is 0 Å². The molecule has 25 heavy (non-hydrogen) atoms. The van der Waals surface area contributed by atoms with Gasteiger partial charge in [-0.2, -0.15) is 13.9 Å². The lowest BCUT2D eigenvalue weighted by Gasteiger charge is -2.09. The normalized spacial score (nSPS) is 12.2. The van der Waals surface area contributed by atoms with Crippen molar-refractivity contribution >= 4 is 11.8 Å². The van der Waals surface area contributed by atoms with Crippen LogP contribution in [-0.2, 0) is 4.79 Å². The van der Waals surface area contributed by atoms with Crippen LogP contribution in [0.2, 0.25) is 0 Å². The number of benzene rings is 1. The number of halogens is 2. The summed E-state index contributed by atoms with van der Waals surface area (Å²) >= 11 is 0. The van der Waals surface area contributed by atoms with Gasteiger partial charge in [-0.15, -0.1) is 0 Å². The first kappa shape index (κ1) is 16.6. The molecule has 0 saturated carbocycles. The zero-order valence-electron chi connectivity index (χ0n) is 13.0. The fourth-order valence-corrected chi connectivity index (χ4v) is 2.04. The molecule has 2 aromatic heterocycles. The van der Waals surface area contributed by atoms with E-state index >= 15 is 0 Å². The van der Waals surface area contributed by atoms with Crippen LogP contribution >= 0.6 is 0 Å². The van der Waals surface area contributed by atoms with Gasteiger partial charge in [0.25, 0.3) is 5.91 Å². The van der Waals surface area contributed by atoms with E-state index in [1.165, 1.54) is 35.5 Å². The van der Waals surface area contributed by atoms with Crippen LogP contribution in [0.5, 0.6) is 5.75 Å². The second kappa shape index (κ2) is 7.07. The summed E-state index contributed by atoms with van der Waals surface area (Å²) in [5.74, 6) is -0.161. The van der Waals surface area contributed by atoms with Gasteiger partial charge in [-0.3, -0.25) is 10.1 Å². The summed E-state index contributed by atoms with van der Waals surface area (Å²) in [7, 11) is 0. The SMILES string of the molecule is C[C@@H](C(=O)Nc1cc(-c2ccc(OC(F)F)cc2)no1)n1cncn1. The molecule has 3 rings (SSSR count). The number of hydrogen-bond acceptors (Lipinski definition) is 6. The monoisotopic (exact) mass is 349 g/mol. The molecular formula is C15H13F2N5O3. The van der Waals surface area contributed by atoms with Gasteiger partial charge in [0, 0.05) is 11.6 Å². The number of alkyl halides is 2. The van der Waals surface area contributed by atoms with Gasteiger partial charge in [-0.25, -0.2) is 9.67 Å². The second-order valence-corrected chi connectivity index (χ2v) is 5.02. The third-order valence-corrected chi connectivity index (χ3v) is 3.34. The first-order valence-electron chi connectivity index (χ1n) is 7.20. The predicted octanol–water partition coefficient (Wildman–Crippen LogP) is 2.73. The van der Waals surface area contributed by atoms with Crippen molar-refractivity contribution in [2.75, 3.05) is 5.32 Å². The largest absolute Gasteiger partial charge is 0.435 e. The predicted molar refractivity (Wildman–Crippen MR) is 81.9 cm³/mol. The van der Waals surface area contributed by atoms with Crippen molar-refractivity contribution in [1.82, 2.24) is 19.9 Å². The minimum Gasteiger partial charge on any atom is -0.435 e. The molecule has 3 aromatic rings. The molecule has 0 bridgehead atoms. The van der Waals surface area contributed by atoms with E-state index in [0.29, 0.717) is 11.3 Å². The molecule has 0 saturated heterocycles. The van der Waals surface area contributed by atoms with E-state index in [1.54, 1.807) is 19.1 Å². The van der Waals surface area contributed by atoms with Crippen LogP contribution in [-0.4, -0.2) is 32.4 Å². The van der Waals surface area contributed by atoms with E-state index in [0.717, 1.165) is 0 Å². The Labute approximate surface area is 140 Å². The molecule has 10 heteroatoms.